The van der Waals surface area contributed by atoms with Crippen molar-refractivity contribution in [3.05, 3.63) is 34.7 Å². The molecule has 0 radical (unpaired) electrons. The van der Waals surface area contributed by atoms with E-state index in [2.05, 4.69) is 10.3 Å². The Labute approximate surface area is 109 Å². The van der Waals surface area contributed by atoms with Gasteiger partial charge in [-0.25, -0.2) is 0 Å². The predicted octanol–water partition coefficient (Wildman–Crippen LogP) is 0.854. The number of rotatable bonds is 1. The Bertz CT molecular complexity index is 487. The van der Waals surface area contributed by atoms with Gasteiger partial charge < -0.3 is 25.2 Å². The Hall–Kier alpha value is -2.51. The molecule has 0 aliphatic carbocycles. The number of hydrogen-bond donors (Lipinski definition) is 2. The summed E-state index contributed by atoms with van der Waals surface area (Å²) in [5, 5.41) is 18.9. The van der Waals surface area contributed by atoms with Crippen molar-refractivity contribution in [2.24, 2.45) is 4.99 Å². The van der Waals surface area contributed by atoms with E-state index in [-0.39, 0.29) is 6.10 Å². The van der Waals surface area contributed by atoms with Gasteiger partial charge in [-0.3, -0.25) is 4.99 Å². The highest BCUT2D eigenvalue weighted by Crippen LogP contribution is 2.31. The minimum Gasteiger partial charge on any atom is -0.588 e. The summed E-state index contributed by atoms with van der Waals surface area (Å²) in [5.41, 5.74) is 5.31. The number of para-hydroxylation sites is 2. The van der Waals surface area contributed by atoms with Crippen molar-refractivity contribution < 1.29 is 14.5 Å². The molecular weight excluding hydrogens is 252 g/mol. The molecule has 0 aromatic heterocycles. The second-order valence-electron chi connectivity index (χ2n) is 3.82. The molecule has 0 fully saturated rings. The molecule has 0 saturated carbocycles. The lowest BCUT2D eigenvalue weighted by Gasteiger charge is -2.26. The number of nitrogens with one attached hydrogen (secondary N) is 2. The van der Waals surface area contributed by atoms with Gasteiger partial charge in [0.1, 0.15) is 12.4 Å². The van der Waals surface area contributed by atoms with Gasteiger partial charge in [-0.05, 0) is 17.7 Å². The molecule has 1 atom stereocenters. The van der Waals surface area contributed by atoms with Crippen LogP contribution in [0.5, 0.6) is 11.5 Å². The monoisotopic (exact) mass is 265 g/mol. The molecule has 8 nitrogen and oxygen atoms in total. The third kappa shape index (κ3) is 3.47. The van der Waals surface area contributed by atoms with E-state index in [1.807, 2.05) is 24.3 Å². The van der Waals surface area contributed by atoms with E-state index in [4.69, 9.17) is 25.4 Å². The normalized spacial score (nSPS) is 19.6. The first-order chi connectivity index (χ1) is 9.16. The topological polar surface area (TPSA) is 116 Å². The molecule has 8 heteroatoms. The quantitative estimate of drug-likeness (QED) is 0.577. The lowest BCUT2D eigenvalue weighted by molar-refractivity contribution is -0.482. The fraction of sp³-hybridized carbons (Fsp3) is 0.364. The summed E-state index contributed by atoms with van der Waals surface area (Å²) in [4.78, 5) is 4.33. The maximum Gasteiger partial charge on any atom is 0.189 e. The minimum atomic E-state index is -1.25. The zero-order valence-corrected chi connectivity index (χ0v) is 10.0. The highest BCUT2D eigenvalue weighted by atomic mass is 16.8. The van der Waals surface area contributed by atoms with Crippen molar-refractivity contribution in [1.29, 1.82) is 5.53 Å². The summed E-state index contributed by atoms with van der Waals surface area (Å²) in [6.07, 6.45) is -0.0811. The SMILES string of the molecule is N=[N+]([O-])[O-].c1ccc2c(c1)OCC(C1=NCCN1)O2. The van der Waals surface area contributed by atoms with E-state index < -0.39 is 5.02 Å². The summed E-state index contributed by atoms with van der Waals surface area (Å²) in [5.74, 6) is 2.52. The van der Waals surface area contributed by atoms with E-state index in [1.165, 1.54) is 0 Å². The lowest BCUT2D eigenvalue weighted by Crippen LogP contribution is -2.42. The van der Waals surface area contributed by atoms with Gasteiger partial charge in [0, 0.05) is 6.54 Å². The average molecular weight is 265 g/mol. The zero-order chi connectivity index (χ0) is 13.7. The highest BCUT2D eigenvalue weighted by Gasteiger charge is 2.26. The highest BCUT2D eigenvalue weighted by molar-refractivity contribution is 5.88. The molecule has 2 aliphatic heterocycles. The molecule has 102 valence electrons. The number of hydrogen-bond acceptors (Lipinski definition) is 7. The number of amidine groups is 1. The Morgan fingerprint density at radius 1 is 1.32 bits per heavy atom. The maximum atomic E-state index is 8.47. The van der Waals surface area contributed by atoms with Gasteiger partial charge in [0.2, 0.25) is 0 Å². The first kappa shape index (κ1) is 12.9. The van der Waals surface area contributed by atoms with Gasteiger partial charge in [-0.1, -0.05) is 17.2 Å². The van der Waals surface area contributed by atoms with Crippen LogP contribution in [0.15, 0.2) is 29.3 Å². The average Bonchev–Trinajstić information content (AvgIpc) is 2.91. The van der Waals surface area contributed by atoms with Crippen LogP contribution in [0.1, 0.15) is 0 Å². The van der Waals surface area contributed by atoms with Gasteiger partial charge >= 0.3 is 0 Å². The van der Waals surface area contributed by atoms with E-state index in [0.717, 1.165) is 30.4 Å². The van der Waals surface area contributed by atoms with Crippen molar-refractivity contribution in [3.8, 4) is 11.5 Å². The standard InChI is InChI=1S/C11H12N2O2.HN2O2/c1-2-4-9-8(3-1)14-7-10(15-9)11-12-5-6-13-11;1-2(3)4/h1-4,10H,5-7H2,(H,12,13);(H-,1,3,4)/q;-1. The third-order valence-electron chi connectivity index (χ3n) is 2.51. The van der Waals surface area contributed by atoms with Crippen LogP contribution >= 0.6 is 0 Å². The molecule has 0 amide bonds. The van der Waals surface area contributed by atoms with Gasteiger partial charge in [0.05, 0.1) is 6.54 Å². The van der Waals surface area contributed by atoms with E-state index in [9.17, 15) is 0 Å². The van der Waals surface area contributed by atoms with Gasteiger partial charge in [-0.15, -0.1) is 0 Å². The van der Waals surface area contributed by atoms with Crippen molar-refractivity contribution in [1.82, 2.24) is 5.32 Å². The minimum absolute atomic E-state index is 0.0811. The van der Waals surface area contributed by atoms with Crippen LogP contribution in [0.25, 0.3) is 0 Å². The summed E-state index contributed by atoms with van der Waals surface area (Å²) >= 11 is 0. The molecule has 0 bridgehead atoms. The molecule has 2 N–H and O–H groups in total. The van der Waals surface area contributed by atoms with Crippen LogP contribution in [0, 0.1) is 15.9 Å². The van der Waals surface area contributed by atoms with Crippen molar-refractivity contribution >= 4 is 5.84 Å². The van der Waals surface area contributed by atoms with Crippen LogP contribution in [0.4, 0.5) is 0 Å². The Balaban J connectivity index is 0.000000297. The second-order valence-corrected chi connectivity index (χ2v) is 3.82. The molecule has 2 aliphatic rings. The Morgan fingerprint density at radius 2 is 2.00 bits per heavy atom. The fourth-order valence-corrected chi connectivity index (χ4v) is 1.79. The van der Waals surface area contributed by atoms with Crippen molar-refractivity contribution in [3.63, 3.8) is 0 Å². The van der Waals surface area contributed by atoms with Crippen molar-refractivity contribution in [2.45, 2.75) is 6.10 Å². The van der Waals surface area contributed by atoms with Crippen LogP contribution in [0.2, 0.25) is 0 Å². The molecule has 0 spiro atoms. The first-order valence-electron chi connectivity index (χ1n) is 5.69. The van der Waals surface area contributed by atoms with E-state index >= 15 is 0 Å². The molecule has 1 aromatic carbocycles. The fourth-order valence-electron chi connectivity index (χ4n) is 1.79. The predicted molar refractivity (Wildman–Crippen MR) is 66.4 cm³/mol. The first-order valence-corrected chi connectivity index (χ1v) is 5.69. The van der Waals surface area contributed by atoms with Crippen LogP contribution in [-0.2, 0) is 0 Å². The summed E-state index contributed by atoms with van der Waals surface area (Å²) < 4.78 is 11.4. The smallest absolute Gasteiger partial charge is 0.189 e. The maximum absolute atomic E-state index is 8.47. The van der Waals surface area contributed by atoms with Gasteiger partial charge in [0.15, 0.2) is 17.6 Å². The number of benzene rings is 1. The number of ether oxygens (including phenoxy) is 2. The van der Waals surface area contributed by atoms with Crippen LogP contribution in [-0.4, -0.2) is 36.7 Å². The Morgan fingerprint density at radius 3 is 2.63 bits per heavy atom. The molecule has 3 rings (SSSR count). The second kappa shape index (κ2) is 5.89. The lowest BCUT2D eigenvalue weighted by atomic mass is 10.2. The third-order valence-corrected chi connectivity index (χ3v) is 2.51. The van der Waals surface area contributed by atoms with E-state index in [0.29, 0.717) is 6.61 Å². The zero-order valence-electron chi connectivity index (χ0n) is 10.0. The van der Waals surface area contributed by atoms with E-state index in [1.54, 1.807) is 0 Å². The molecule has 1 aromatic rings. The summed E-state index contributed by atoms with van der Waals surface area (Å²) in [6, 6.07) is 7.70. The molecule has 2 heterocycles. The van der Waals surface area contributed by atoms with Crippen molar-refractivity contribution in [2.75, 3.05) is 19.7 Å². The number of nitrogens with zero attached hydrogens (tertiary/aromatic N) is 2. The largest absolute Gasteiger partial charge is 0.588 e. The summed E-state index contributed by atoms with van der Waals surface area (Å²) in [6.45, 7) is 2.26. The van der Waals surface area contributed by atoms with Gasteiger partial charge in [0.25, 0.3) is 0 Å². The molecular formula is C11H13N4O4-. The number of aliphatic imine (C=N–C) groups is 1. The molecule has 0 saturated heterocycles. The number of fused-ring (bicyclic) bond motifs is 1. The van der Waals surface area contributed by atoms with Gasteiger partial charge in [-0.2, -0.15) is 0 Å². The molecule has 1 unspecified atom stereocenters. The summed E-state index contributed by atoms with van der Waals surface area (Å²) in [7, 11) is 0. The Kier molecular flexibility index (Phi) is 4.01. The van der Waals surface area contributed by atoms with Crippen LogP contribution < -0.4 is 14.8 Å². The molecule has 19 heavy (non-hydrogen) atoms. The van der Waals surface area contributed by atoms with Crippen LogP contribution in [0.3, 0.4) is 0 Å².